The molecule has 0 spiro atoms. The highest BCUT2D eigenvalue weighted by Crippen LogP contribution is 2.17. The van der Waals surface area contributed by atoms with Gasteiger partial charge in [-0.25, -0.2) is 4.39 Å². The molecular formula is C16H18FNO. The van der Waals surface area contributed by atoms with Crippen LogP contribution in [0, 0.1) is 5.82 Å². The van der Waals surface area contributed by atoms with Crippen molar-refractivity contribution in [3.05, 3.63) is 71.5 Å². The molecule has 0 fully saturated rings. The average molecular weight is 259 g/mol. The number of hydrogen-bond donors (Lipinski definition) is 1. The van der Waals surface area contributed by atoms with Crippen LogP contribution in [0.15, 0.2) is 54.6 Å². The Morgan fingerprint density at radius 3 is 2.37 bits per heavy atom. The molecule has 2 nitrogen and oxygen atoms in total. The minimum Gasteiger partial charge on any atom is -0.296 e. The highest BCUT2D eigenvalue weighted by atomic mass is 19.1. The predicted molar refractivity (Wildman–Crippen MR) is 73.8 cm³/mol. The Bertz CT molecular complexity index is 484. The van der Waals surface area contributed by atoms with Crippen molar-refractivity contribution in [2.75, 3.05) is 0 Å². The van der Waals surface area contributed by atoms with Gasteiger partial charge in [-0.05, 0) is 29.7 Å². The van der Waals surface area contributed by atoms with Crippen molar-refractivity contribution < 1.29 is 9.23 Å². The van der Waals surface area contributed by atoms with Gasteiger partial charge in [-0.1, -0.05) is 49.4 Å². The zero-order valence-corrected chi connectivity index (χ0v) is 11.0. The van der Waals surface area contributed by atoms with Crippen molar-refractivity contribution in [3.8, 4) is 0 Å². The molecule has 1 unspecified atom stereocenters. The molecule has 3 heteroatoms. The summed E-state index contributed by atoms with van der Waals surface area (Å²) >= 11 is 0. The number of nitrogens with one attached hydrogen (secondary N) is 1. The Morgan fingerprint density at radius 2 is 1.74 bits per heavy atom. The molecule has 0 aliphatic heterocycles. The molecule has 0 aromatic heterocycles. The fourth-order valence-corrected chi connectivity index (χ4v) is 1.88. The van der Waals surface area contributed by atoms with E-state index < -0.39 is 0 Å². The van der Waals surface area contributed by atoms with Gasteiger partial charge in [0.15, 0.2) is 0 Å². The second kappa shape index (κ2) is 7.02. The Balaban J connectivity index is 1.87. The maximum atomic E-state index is 12.9. The summed E-state index contributed by atoms with van der Waals surface area (Å²) in [5.41, 5.74) is 5.17. The first kappa shape index (κ1) is 13.7. The molecule has 0 radical (unpaired) electrons. The van der Waals surface area contributed by atoms with Gasteiger partial charge in [0.1, 0.15) is 5.82 Å². The van der Waals surface area contributed by atoms with Crippen LogP contribution in [-0.2, 0) is 11.4 Å². The molecule has 2 aromatic carbocycles. The van der Waals surface area contributed by atoms with E-state index in [0.717, 1.165) is 17.5 Å². The lowest BCUT2D eigenvalue weighted by molar-refractivity contribution is 0.00202. The van der Waals surface area contributed by atoms with Gasteiger partial charge in [0.2, 0.25) is 0 Å². The van der Waals surface area contributed by atoms with E-state index in [1.54, 1.807) is 12.1 Å². The smallest absolute Gasteiger partial charge is 0.123 e. The van der Waals surface area contributed by atoms with Crippen LogP contribution in [0.25, 0.3) is 0 Å². The van der Waals surface area contributed by atoms with E-state index in [1.807, 2.05) is 30.3 Å². The van der Waals surface area contributed by atoms with E-state index in [1.165, 1.54) is 12.1 Å². The first-order valence-electron chi connectivity index (χ1n) is 6.46. The van der Waals surface area contributed by atoms with Gasteiger partial charge in [-0.15, -0.1) is 0 Å². The summed E-state index contributed by atoms with van der Waals surface area (Å²) in [7, 11) is 0. The number of benzene rings is 2. The van der Waals surface area contributed by atoms with E-state index in [4.69, 9.17) is 4.84 Å². The molecule has 0 bridgehead atoms. The third kappa shape index (κ3) is 4.16. The quantitative estimate of drug-likeness (QED) is 0.792. The van der Waals surface area contributed by atoms with E-state index in [0.29, 0.717) is 6.61 Å². The van der Waals surface area contributed by atoms with E-state index in [2.05, 4.69) is 12.4 Å². The zero-order valence-electron chi connectivity index (χ0n) is 11.0. The average Bonchev–Trinajstić information content (AvgIpc) is 2.46. The molecule has 19 heavy (non-hydrogen) atoms. The van der Waals surface area contributed by atoms with E-state index in [9.17, 15) is 4.39 Å². The van der Waals surface area contributed by atoms with Crippen molar-refractivity contribution in [1.29, 1.82) is 0 Å². The molecular weight excluding hydrogens is 241 g/mol. The van der Waals surface area contributed by atoms with Crippen LogP contribution >= 0.6 is 0 Å². The first-order valence-corrected chi connectivity index (χ1v) is 6.46. The van der Waals surface area contributed by atoms with Crippen LogP contribution in [0.5, 0.6) is 0 Å². The Labute approximate surface area is 113 Å². The molecule has 100 valence electrons. The standard InChI is InChI=1S/C16H18FNO/c1-2-16(14-8-10-15(17)11-9-14)18-19-12-13-6-4-3-5-7-13/h3-11,16,18H,2,12H2,1H3. The molecule has 2 aromatic rings. The second-order valence-electron chi connectivity index (χ2n) is 4.40. The van der Waals surface area contributed by atoms with Crippen LogP contribution in [0.1, 0.15) is 30.5 Å². The minimum atomic E-state index is -0.219. The van der Waals surface area contributed by atoms with Crippen LogP contribution in [-0.4, -0.2) is 0 Å². The van der Waals surface area contributed by atoms with Crippen molar-refractivity contribution in [1.82, 2.24) is 5.48 Å². The summed E-state index contributed by atoms with van der Waals surface area (Å²) < 4.78 is 12.9. The van der Waals surface area contributed by atoms with Gasteiger partial charge in [0.05, 0.1) is 12.6 Å². The summed E-state index contributed by atoms with van der Waals surface area (Å²) in [5, 5.41) is 0. The number of rotatable bonds is 6. The van der Waals surface area contributed by atoms with Gasteiger partial charge in [-0.3, -0.25) is 4.84 Å². The Hall–Kier alpha value is -1.71. The van der Waals surface area contributed by atoms with Crippen molar-refractivity contribution in [3.63, 3.8) is 0 Å². The fourth-order valence-electron chi connectivity index (χ4n) is 1.88. The van der Waals surface area contributed by atoms with Crippen LogP contribution in [0.4, 0.5) is 4.39 Å². The summed E-state index contributed by atoms with van der Waals surface area (Å²) in [6, 6.07) is 16.5. The summed E-state index contributed by atoms with van der Waals surface area (Å²) in [4.78, 5) is 5.51. The number of hydroxylamine groups is 1. The molecule has 1 atom stereocenters. The van der Waals surface area contributed by atoms with E-state index >= 15 is 0 Å². The van der Waals surface area contributed by atoms with Gasteiger partial charge < -0.3 is 0 Å². The SMILES string of the molecule is CCC(NOCc1ccccc1)c1ccc(F)cc1. The van der Waals surface area contributed by atoms with Crippen LogP contribution < -0.4 is 5.48 Å². The highest BCUT2D eigenvalue weighted by molar-refractivity contribution is 5.19. The molecule has 0 saturated heterocycles. The van der Waals surface area contributed by atoms with Crippen molar-refractivity contribution in [2.24, 2.45) is 0 Å². The van der Waals surface area contributed by atoms with E-state index in [-0.39, 0.29) is 11.9 Å². The summed E-state index contributed by atoms with van der Waals surface area (Å²) in [6.07, 6.45) is 0.875. The van der Waals surface area contributed by atoms with Crippen molar-refractivity contribution in [2.45, 2.75) is 26.0 Å². The lowest BCUT2D eigenvalue weighted by Gasteiger charge is -2.17. The molecule has 0 aliphatic carbocycles. The summed E-state index contributed by atoms with van der Waals surface area (Å²) in [6.45, 7) is 2.57. The molecule has 0 heterocycles. The lowest BCUT2D eigenvalue weighted by atomic mass is 10.1. The van der Waals surface area contributed by atoms with Gasteiger partial charge in [0, 0.05) is 0 Å². The highest BCUT2D eigenvalue weighted by Gasteiger charge is 2.08. The second-order valence-corrected chi connectivity index (χ2v) is 4.40. The summed E-state index contributed by atoms with van der Waals surface area (Å²) in [5.74, 6) is -0.219. The number of hydrogen-bond acceptors (Lipinski definition) is 2. The Morgan fingerprint density at radius 1 is 1.05 bits per heavy atom. The molecule has 0 aliphatic rings. The molecule has 0 saturated carbocycles. The first-order chi connectivity index (χ1) is 9.29. The maximum absolute atomic E-state index is 12.9. The largest absolute Gasteiger partial charge is 0.296 e. The van der Waals surface area contributed by atoms with Crippen LogP contribution in [0.3, 0.4) is 0 Å². The van der Waals surface area contributed by atoms with Gasteiger partial charge in [0.25, 0.3) is 0 Å². The molecule has 0 amide bonds. The maximum Gasteiger partial charge on any atom is 0.123 e. The third-order valence-electron chi connectivity index (χ3n) is 2.99. The third-order valence-corrected chi connectivity index (χ3v) is 2.99. The van der Waals surface area contributed by atoms with Gasteiger partial charge >= 0.3 is 0 Å². The minimum absolute atomic E-state index is 0.0734. The Kier molecular flexibility index (Phi) is 5.07. The normalized spacial score (nSPS) is 12.3. The zero-order chi connectivity index (χ0) is 13.5. The molecule has 1 N–H and O–H groups in total. The van der Waals surface area contributed by atoms with Gasteiger partial charge in [-0.2, -0.15) is 5.48 Å². The topological polar surface area (TPSA) is 21.3 Å². The van der Waals surface area contributed by atoms with Crippen molar-refractivity contribution >= 4 is 0 Å². The van der Waals surface area contributed by atoms with Crippen LogP contribution in [0.2, 0.25) is 0 Å². The predicted octanol–water partition coefficient (Wildman–Crippen LogP) is 4.00. The monoisotopic (exact) mass is 259 g/mol. The number of halogens is 1. The fraction of sp³-hybridized carbons (Fsp3) is 0.250. The lowest BCUT2D eigenvalue weighted by Crippen LogP contribution is -2.21. The molecule has 2 rings (SSSR count).